The SMILES string of the molecule is COC(=O)[C@]1(C)C=Cc2c(OC)c(OC)c(C)c(OC)c2C1=O. The van der Waals surface area contributed by atoms with Gasteiger partial charge in [0.2, 0.25) is 0 Å². The Bertz CT molecular complexity index is 704. The molecule has 0 fully saturated rings. The Balaban J connectivity index is 2.84. The van der Waals surface area contributed by atoms with Crippen LogP contribution in [0.25, 0.3) is 6.08 Å². The summed E-state index contributed by atoms with van der Waals surface area (Å²) in [6, 6.07) is 0. The number of hydrogen-bond donors (Lipinski definition) is 0. The first-order valence-corrected chi connectivity index (χ1v) is 7.02. The molecule has 0 radical (unpaired) electrons. The van der Waals surface area contributed by atoms with Gasteiger partial charge in [-0.1, -0.05) is 12.2 Å². The van der Waals surface area contributed by atoms with Crippen molar-refractivity contribution in [2.75, 3.05) is 28.4 Å². The fourth-order valence-electron chi connectivity index (χ4n) is 2.87. The maximum atomic E-state index is 13.0. The first-order valence-electron chi connectivity index (χ1n) is 7.02. The van der Waals surface area contributed by atoms with Crippen molar-refractivity contribution in [1.29, 1.82) is 0 Å². The number of hydrogen-bond acceptors (Lipinski definition) is 6. The van der Waals surface area contributed by atoms with E-state index in [2.05, 4.69) is 0 Å². The first kappa shape index (κ1) is 16.9. The molecule has 23 heavy (non-hydrogen) atoms. The lowest BCUT2D eigenvalue weighted by molar-refractivity contribution is -0.146. The highest BCUT2D eigenvalue weighted by atomic mass is 16.5. The first-order chi connectivity index (χ1) is 10.9. The highest BCUT2D eigenvalue weighted by molar-refractivity contribution is 6.19. The van der Waals surface area contributed by atoms with E-state index >= 15 is 0 Å². The third-order valence-corrected chi connectivity index (χ3v) is 4.13. The van der Waals surface area contributed by atoms with Gasteiger partial charge in [0.1, 0.15) is 11.2 Å². The maximum Gasteiger partial charge on any atom is 0.323 e. The van der Waals surface area contributed by atoms with Gasteiger partial charge in [0.05, 0.1) is 34.0 Å². The summed E-state index contributed by atoms with van der Waals surface area (Å²) in [5.41, 5.74) is 0.0406. The van der Waals surface area contributed by atoms with E-state index in [0.29, 0.717) is 28.4 Å². The number of benzene rings is 1. The summed E-state index contributed by atoms with van der Waals surface area (Å²) in [5.74, 6) is 0.253. The molecule has 1 aliphatic carbocycles. The van der Waals surface area contributed by atoms with Gasteiger partial charge in [-0.2, -0.15) is 0 Å². The Morgan fingerprint density at radius 1 is 1.00 bits per heavy atom. The predicted molar refractivity (Wildman–Crippen MR) is 84.3 cm³/mol. The molecule has 0 bridgehead atoms. The largest absolute Gasteiger partial charge is 0.496 e. The fourth-order valence-corrected chi connectivity index (χ4v) is 2.87. The normalized spacial score (nSPS) is 19.1. The average Bonchev–Trinajstić information content (AvgIpc) is 2.56. The molecule has 0 unspecified atom stereocenters. The zero-order chi connectivity index (χ0) is 17.4. The topological polar surface area (TPSA) is 71.1 Å². The summed E-state index contributed by atoms with van der Waals surface area (Å²) in [6.45, 7) is 3.29. The summed E-state index contributed by atoms with van der Waals surface area (Å²) in [4.78, 5) is 25.1. The molecule has 1 atom stereocenters. The monoisotopic (exact) mass is 320 g/mol. The van der Waals surface area contributed by atoms with Gasteiger partial charge in [-0.05, 0) is 13.8 Å². The number of methoxy groups -OCH3 is 4. The van der Waals surface area contributed by atoms with Crippen molar-refractivity contribution in [3.63, 3.8) is 0 Å². The molecule has 2 rings (SSSR count). The van der Waals surface area contributed by atoms with Gasteiger partial charge in [0.15, 0.2) is 17.3 Å². The molecule has 0 aliphatic heterocycles. The van der Waals surface area contributed by atoms with E-state index in [9.17, 15) is 9.59 Å². The number of rotatable bonds is 4. The Morgan fingerprint density at radius 2 is 1.57 bits per heavy atom. The number of ether oxygens (including phenoxy) is 4. The van der Waals surface area contributed by atoms with Crippen molar-refractivity contribution < 1.29 is 28.5 Å². The molecule has 6 heteroatoms. The zero-order valence-electron chi connectivity index (χ0n) is 14.1. The minimum Gasteiger partial charge on any atom is -0.496 e. The van der Waals surface area contributed by atoms with Crippen LogP contribution in [0, 0.1) is 12.3 Å². The van der Waals surface area contributed by atoms with Crippen LogP contribution in [0.4, 0.5) is 0 Å². The number of carbonyl (C=O) groups excluding carboxylic acids is 2. The molecule has 0 saturated carbocycles. The quantitative estimate of drug-likeness (QED) is 0.627. The second-order valence-electron chi connectivity index (χ2n) is 5.37. The van der Waals surface area contributed by atoms with Crippen molar-refractivity contribution in [1.82, 2.24) is 0 Å². The van der Waals surface area contributed by atoms with Crippen molar-refractivity contribution in [2.45, 2.75) is 13.8 Å². The molecule has 1 aliphatic rings. The standard InChI is InChI=1S/C17H20O6/c1-9-12(20-3)11-10(14(22-5)13(9)21-4)7-8-17(2,15(11)18)16(19)23-6/h7-8H,1-6H3/t17-/m1/s1. The Labute approximate surface area is 135 Å². The van der Waals surface area contributed by atoms with Gasteiger partial charge in [-0.3, -0.25) is 9.59 Å². The van der Waals surface area contributed by atoms with Crippen molar-refractivity contribution in [2.24, 2.45) is 5.41 Å². The summed E-state index contributed by atoms with van der Waals surface area (Å²) in [5, 5.41) is 0. The molecule has 0 saturated heterocycles. The van der Waals surface area contributed by atoms with Crippen LogP contribution < -0.4 is 14.2 Å². The molecular weight excluding hydrogens is 300 g/mol. The highest BCUT2D eigenvalue weighted by Gasteiger charge is 2.46. The van der Waals surface area contributed by atoms with E-state index in [1.807, 2.05) is 0 Å². The molecule has 0 N–H and O–H groups in total. The average molecular weight is 320 g/mol. The Kier molecular flexibility index (Phi) is 4.36. The minimum atomic E-state index is -1.40. The number of esters is 1. The Hall–Kier alpha value is -2.50. The molecule has 1 aromatic carbocycles. The van der Waals surface area contributed by atoms with E-state index < -0.39 is 17.2 Å². The fraction of sp³-hybridized carbons (Fsp3) is 0.412. The smallest absolute Gasteiger partial charge is 0.323 e. The van der Waals surface area contributed by atoms with Crippen LogP contribution in [0.1, 0.15) is 28.4 Å². The van der Waals surface area contributed by atoms with E-state index in [1.165, 1.54) is 41.4 Å². The van der Waals surface area contributed by atoms with Crippen molar-refractivity contribution >= 4 is 17.8 Å². The zero-order valence-corrected chi connectivity index (χ0v) is 14.1. The molecule has 6 nitrogen and oxygen atoms in total. The highest BCUT2D eigenvalue weighted by Crippen LogP contribution is 2.48. The lowest BCUT2D eigenvalue weighted by Gasteiger charge is -2.29. The Morgan fingerprint density at radius 3 is 2.04 bits per heavy atom. The summed E-state index contributed by atoms with van der Waals surface area (Å²) in [6.07, 6.45) is 3.18. The lowest BCUT2D eigenvalue weighted by Crippen LogP contribution is -2.38. The van der Waals surface area contributed by atoms with Crippen LogP contribution in [0.5, 0.6) is 17.2 Å². The van der Waals surface area contributed by atoms with Gasteiger partial charge in [0, 0.05) is 11.1 Å². The molecular formula is C17H20O6. The molecule has 0 heterocycles. The minimum absolute atomic E-state index is 0.290. The maximum absolute atomic E-state index is 13.0. The number of Topliss-reactive ketones (excluding diaryl/α,β-unsaturated/α-hetero) is 1. The van der Waals surface area contributed by atoms with Crippen LogP contribution in [0.3, 0.4) is 0 Å². The number of fused-ring (bicyclic) bond motifs is 1. The van der Waals surface area contributed by atoms with Crippen LogP contribution in [0.2, 0.25) is 0 Å². The summed E-state index contributed by atoms with van der Waals surface area (Å²) >= 11 is 0. The van der Waals surface area contributed by atoms with Gasteiger partial charge in [-0.15, -0.1) is 0 Å². The molecule has 1 aromatic rings. The van der Waals surface area contributed by atoms with Crippen molar-refractivity contribution in [3.05, 3.63) is 22.8 Å². The molecule has 124 valence electrons. The predicted octanol–water partition coefficient (Wildman–Crippen LogP) is 2.41. The van der Waals surface area contributed by atoms with Crippen LogP contribution in [0.15, 0.2) is 6.08 Å². The van der Waals surface area contributed by atoms with Gasteiger partial charge >= 0.3 is 5.97 Å². The van der Waals surface area contributed by atoms with Crippen molar-refractivity contribution in [3.8, 4) is 17.2 Å². The van der Waals surface area contributed by atoms with Crippen LogP contribution in [-0.4, -0.2) is 40.2 Å². The van der Waals surface area contributed by atoms with Gasteiger partial charge < -0.3 is 18.9 Å². The van der Waals surface area contributed by atoms with Gasteiger partial charge in [-0.25, -0.2) is 0 Å². The van der Waals surface area contributed by atoms with Crippen LogP contribution >= 0.6 is 0 Å². The molecule has 0 spiro atoms. The summed E-state index contributed by atoms with van der Waals surface area (Å²) in [7, 11) is 5.73. The van der Waals surface area contributed by atoms with Crippen LogP contribution in [-0.2, 0) is 9.53 Å². The van der Waals surface area contributed by atoms with E-state index in [1.54, 1.807) is 13.0 Å². The van der Waals surface area contributed by atoms with Gasteiger partial charge in [0.25, 0.3) is 0 Å². The van der Waals surface area contributed by atoms with E-state index in [4.69, 9.17) is 18.9 Å². The lowest BCUT2D eigenvalue weighted by atomic mass is 9.75. The van der Waals surface area contributed by atoms with E-state index in [-0.39, 0.29) is 5.56 Å². The van der Waals surface area contributed by atoms with E-state index in [0.717, 1.165) is 0 Å². The number of carbonyl (C=O) groups is 2. The molecule has 0 aromatic heterocycles. The third kappa shape index (κ3) is 2.25. The number of ketones is 1. The third-order valence-electron chi connectivity index (χ3n) is 4.13. The second-order valence-corrected chi connectivity index (χ2v) is 5.37. The molecule has 0 amide bonds. The summed E-state index contributed by atoms with van der Waals surface area (Å²) < 4.78 is 21.0. The second kappa shape index (κ2) is 5.95.